The Bertz CT molecular complexity index is 1020. The lowest BCUT2D eigenvalue weighted by Gasteiger charge is -2.14. The van der Waals surface area contributed by atoms with Gasteiger partial charge in [0.2, 0.25) is 15.0 Å². The zero-order chi connectivity index (χ0) is 17.5. The van der Waals surface area contributed by atoms with Gasteiger partial charge < -0.3 is 4.90 Å². The smallest absolute Gasteiger partial charge is 0.274 e. The molecule has 0 saturated heterocycles. The van der Waals surface area contributed by atoms with Crippen molar-refractivity contribution in [3.8, 4) is 0 Å². The minimum absolute atomic E-state index is 0.131. The number of hydrogen-bond acceptors (Lipinski definition) is 5. The summed E-state index contributed by atoms with van der Waals surface area (Å²) in [7, 11) is -1.88. The van der Waals surface area contributed by atoms with E-state index in [1.165, 1.54) is 9.30 Å². The monoisotopic (exact) mass is 427 g/mol. The van der Waals surface area contributed by atoms with Crippen LogP contribution in [0.5, 0.6) is 0 Å². The van der Waals surface area contributed by atoms with Crippen LogP contribution >= 0.6 is 27.3 Å². The third kappa shape index (κ3) is 3.24. The van der Waals surface area contributed by atoms with Crippen molar-refractivity contribution in [1.82, 2.24) is 14.3 Å². The number of pyridine rings is 1. The van der Waals surface area contributed by atoms with Gasteiger partial charge in [0.15, 0.2) is 5.69 Å². The topological polar surface area (TPSA) is 71.8 Å². The number of sulfone groups is 1. The van der Waals surface area contributed by atoms with Gasteiger partial charge >= 0.3 is 0 Å². The molecule has 126 valence electrons. The number of aromatic nitrogens is 2. The van der Waals surface area contributed by atoms with E-state index in [0.29, 0.717) is 12.1 Å². The number of carbonyl (C=O) groups excluding carboxylic acids is 1. The van der Waals surface area contributed by atoms with E-state index >= 15 is 0 Å². The fraction of sp³-hybridized carbons (Fsp3) is 0.200. The highest BCUT2D eigenvalue weighted by Gasteiger charge is 2.24. The maximum atomic E-state index is 12.8. The number of imidazole rings is 1. The summed E-state index contributed by atoms with van der Waals surface area (Å²) in [6.07, 6.45) is 2.67. The molecule has 0 aliphatic rings. The number of halogens is 1. The first-order valence-electron chi connectivity index (χ1n) is 6.94. The number of fused-ring (bicyclic) bond motifs is 1. The van der Waals surface area contributed by atoms with Crippen LogP contribution < -0.4 is 0 Å². The van der Waals surface area contributed by atoms with E-state index in [1.807, 2.05) is 12.1 Å². The molecule has 0 atom stereocenters. The highest BCUT2D eigenvalue weighted by molar-refractivity contribution is 9.11. The maximum Gasteiger partial charge on any atom is 0.274 e. The molecule has 3 aromatic rings. The SMILES string of the molecule is CN(Cc1ccc(Br)s1)C(=O)c1nc(S(C)(=O)=O)n2ccccc12. The number of thiophene rings is 1. The third-order valence-electron chi connectivity index (χ3n) is 3.42. The van der Waals surface area contributed by atoms with Gasteiger partial charge in [0.1, 0.15) is 0 Å². The second-order valence-electron chi connectivity index (χ2n) is 5.34. The van der Waals surface area contributed by atoms with Crippen LogP contribution in [0.3, 0.4) is 0 Å². The highest BCUT2D eigenvalue weighted by Crippen LogP contribution is 2.24. The Morgan fingerprint density at radius 2 is 2.08 bits per heavy atom. The van der Waals surface area contributed by atoms with Gasteiger partial charge in [0.25, 0.3) is 5.91 Å². The van der Waals surface area contributed by atoms with E-state index in [-0.39, 0.29) is 16.8 Å². The van der Waals surface area contributed by atoms with Gasteiger partial charge in [-0.25, -0.2) is 13.4 Å². The Morgan fingerprint density at radius 1 is 1.33 bits per heavy atom. The summed E-state index contributed by atoms with van der Waals surface area (Å²) in [5.41, 5.74) is 0.608. The second-order valence-corrected chi connectivity index (χ2v) is 9.80. The zero-order valence-corrected chi connectivity index (χ0v) is 16.2. The quantitative estimate of drug-likeness (QED) is 0.641. The molecule has 0 aliphatic carbocycles. The number of nitrogens with zero attached hydrogens (tertiary/aromatic N) is 3. The average Bonchev–Trinajstić information content (AvgIpc) is 3.09. The highest BCUT2D eigenvalue weighted by atomic mass is 79.9. The van der Waals surface area contributed by atoms with Gasteiger partial charge in [-0.3, -0.25) is 9.20 Å². The van der Waals surface area contributed by atoms with Crippen molar-refractivity contribution < 1.29 is 13.2 Å². The van der Waals surface area contributed by atoms with Crippen molar-refractivity contribution >= 4 is 48.5 Å². The molecule has 9 heteroatoms. The first-order chi connectivity index (χ1) is 11.3. The van der Waals surface area contributed by atoms with Crippen LogP contribution in [-0.2, 0) is 16.4 Å². The summed E-state index contributed by atoms with van der Waals surface area (Å²) in [6, 6.07) is 8.99. The average molecular weight is 428 g/mol. The molecule has 24 heavy (non-hydrogen) atoms. The normalized spacial score (nSPS) is 11.8. The molecule has 0 unspecified atom stereocenters. The van der Waals surface area contributed by atoms with Crippen LogP contribution in [0, 0.1) is 0 Å². The Hall–Kier alpha value is -1.71. The molecule has 3 heterocycles. The van der Waals surface area contributed by atoms with E-state index in [2.05, 4.69) is 20.9 Å². The minimum atomic E-state index is -3.55. The van der Waals surface area contributed by atoms with Gasteiger partial charge in [-0.05, 0) is 40.2 Å². The first kappa shape index (κ1) is 17.1. The van der Waals surface area contributed by atoms with E-state index < -0.39 is 9.84 Å². The lowest BCUT2D eigenvalue weighted by atomic mass is 10.3. The summed E-state index contributed by atoms with van der Waals surface area (Å²) in [5, 5.41) is -0.131. The third-order valence-corrected chi connectivity index (χ3v) is 5.98. The maximum absolute atomic E-state index is 12.8. The standard InChI is InChI=1S/C15H14BrN3O3S2/c1-18(9-10-6-7-12(16)23-10)14(20)13-11-5-3-4-8-19(11)15(17-13)24(2,21)22/h3-8H,9H2,1-2H3. The van der Waals surface area contributed by atoms with Crippen LogP contribution in [0.1, 0.15) is 15.4 Å². The Balaban J connectivity index is 2.01. The molecule has 0 aromatic carbocycles. The second kappa shape index (κ2) is 6.30. The predicted molar refractivity (Wildman–Crippen MR) is 96.1 cm³/mol. The summed E-state index contributed by atoms with van der Waals surface area (Å²) in [5.74, 6) is -0.321. The summed E-state index contributed by atoms with van der Waals surface area (Å²) < 4.78 is 26.3. The molecule has 0 aliphatic heterocycles. The Kier molecular flexibility index (Phi) is 4.50. The van der Waals surface area contributed by atoms with Crippen molar-refractivity contribution in [3.05, 3.63) is 50.9 Å². The van der Waals surface area contributed by atoms with Crippen molar-refractivity contribution in [2.75, 3.05) is 13.3 Å². The number of rotatable bonds is 4. The molecule has 0 saturated carbocycles. The molecule has 3 rings (SSSR count). The van der Waals surface area contributed by atoms with Gasteiger partial charge in [-0.2, -0.15) is 0 Å². The largest absolute Gasteiger partial charge is 0.335 e. The minimum Gasteiger partial charge on any atom is -0.335 e. The molecule has 0 bridgehead atoms. The molecular weight excluding hydrogens is 414 g/mol. The lowest BCUT2D eigenvalue weighted by Crippen LogP contribution is -2.26. The van der Waals surface area contributed by atoms with Gasteiger partial charge in [0, 0.05) is 24.4 Å². The van der Waals surface area contributed by atoms with Crippen LogP contribution in [0.25, 0.3) is 5.52 Å². The first-order valence-corrected chi connectivity index (χ1v) is 10.4. The lowest BCUT2D eigenvalue weighted by molar-refractivity contribution is 0.0783. The molecule has 0 N–H and O–H groups in total. The number of hydrogen-bond donors (Lipinski definition) is 0. The van der Waals surface area contributed by atoms with Gasteiger partial charge in [-0.15, -0.1) is 11.3 Å². The molecule has 0 spiro atoms. The summed E-state index contributed by atoms with van der Waals surface area (Å²) in [6.45, 7) is 0.426. The number of carbonyl (C=O) groups is 1. The summed E-state index contributed by atoms with van der Waals surface area (Å²) in [4.78, 5) is 19.4. The van der Waals surface area contributed by atoms with Crippen molar-refractivity contribution in [2.24, 2.45) is 0 Å². The molecule has 1 amide bonds. The molecule has 6 nitrogen and oxygen atoms in total. The van der Waals surface area contributed by atoms with E-state index in [9.17, 15) is 13.2 Å². The predicted octanol–water partition coefficient (Wildman–Crippen LogP) is 2.83. The molecule has 0 fully saturated rings. The Morgan fingerprint density at radius 3 is 2.71 bits per heavy atom. The van der Waals surface area contributed by atoms with Crippen LogP contribution in [-0.4, -0.2) is 41.9 Å². The van der Waals surface area contributed by atoms with Gasteiger partial charge in [0.05, 0.1) is 15.8 Å². The fourth-order valence-electron chi connectivity index (χ4n) is 2.35. The van der Waals surface area contributed by atoms with E-state index in [4.69, 9.17) is 0 Å². The summed E-state index contributed by atoms with van der Waals surface area (Å²) >= 11 is 4.94. The van der Waals surface area contributed by atoms with Crippen molar-refractivity contribution in [3.63, 3.8) is 0 Å². The molecule has 3 aromatic heterocycles. The number of amides is 1. The van der Waals surface area contributed by atoms with Gasteiger partial charge in [-0.1, -0.05) is 6.07 Å². The van der Waals surface area contributed by atoms with Crippen molar-refractivity contribution in [1.29, 1.82) is 0 Å². The Labute approximate surface area is 151 Å². The molecular formula is C15H14BrN3O3S2. The van der Waals surface area contributed by atoms with Crippen LogP contribution in [0.2, 0.25) is 0 Å². The zero-order valence-electron chi connectivity index (χ0n) is 12.9. The fourth-order valence-corrected chi connectivity index (χ4v) is 4.66. The van der Waals surface area contributed by atoms with E-state index in [1.54, 1.807) is 42.8 Å². The van der Waals surface area contributed by atoms with E-state index in [0.717, 1.165) is 14.9 Å². The molecule has 0 radical (unpaired) electrons. The van der Waals surface area contributed by atoms with Crippen LogP contribution in [0.4, 0.5) is 0 Å². The van der Waals surface area contributed by atoms with Crippen molar-refractivity contribution in [2.45, 2.75) is 11.7 Å². The van der Waals surface area contributed by atoms with Crippen LogP contribution in [0.15, 0.2) is 45.5 Å².